The van der Waals surface area contributed by atoms with Gasteiger partial charge in [0.05, 0.1) is 4.90 Å². The standard InChI is InChI=1S/C21H20N2O2S2/c1-15-8-10-16(11-9-15)27(24,25)23-14-19(21-7-4-12-26-21)18-13-22-20-6-3-2-5-17(18)20/h2-13,19,22-23H,14H2,1H3/t19-/m0/s1. The van der Waals surface area contributed by atoms with Crippen LogP contribution in [0, 0.1) is 6.92 Å². The van der Waals surface area contributed by atoms with Crippen molar-refractivity contribution >= 4 is 32.3 Å². The number of fused-ring (bicyclic) bond motifs is 1. The third kappa shape index (κ3) is 3.69. The molecular formula is C21H20N2O2S2. The highest BCUT2D eigenvalue weighted by Crippen LogP contribution is 2.33. The zero-order valence-electron chi connectivity index (χ0n) is 14.8. The number of sulfonamides is 1. The average Bonchev–Trinajstić information content (AvgIpc) is 3.33. The van der Waals surface area contributed by atoms with Crippen LogP contribution in [0.2, 0.25) is 0 Å². The van der Waals surface area contributed by atoms with Gasteiger partial charge in [-0.15, -0.1) is 11.3 Å². The Kier molecular flexibility index (Phi) is 4.86. The molecule has 4 nitrogen and oxygen atoms in total. The molecule has 0 unspecified atom stereocenters. The monoisotopic (exact) mass is 396 g/mol. The van der Waals surface area contributed by atoms with Crippen LogP contribution in [0.4, 0.5) is 0 Å². The van der Waals surface area contributed by atoms with Crippen molar-refractivity contribution in [3.05, 3.63) is 88.2 Å². The summed E-state index contributed by atoms with van der Waals surface area (Å²) in [6, 6.07) is 19.0. The van der Waals surface area contributed by atoms with Crippen LogP contribution in [0.5, 0.6) is 0 Å². The molecule has 1 atom stereocenters. The number of aromatic nitrogens is 1. The molecule has 27 heavy (non-hydrogen) atoms. The molecule has 4 rings (SSSR count). The molecule has 2 aromatic carbocycles. The fourth-order valence-corrected chi connectivity index (χ4v) is 5.12. The lowest BCUT2D eigenvalue weighted by molar-refractivity contribution is 0.578. The second-order valence-corrected chi connectivity index (χ2v) is 9.27. The number of aromatic amines is 1. The summed E-state index contributed by atoms with van der Waals surface area (Å²) in [7, 11) is -3.56. The van der Waals surface area contributed by atoms with Crippen molar-refractivity contribution in [1.82, 2.24) is 9.71 Å². The fraction of sp³-hybridized carbons (Fsp3) is 0.143. The van der Waals surface area contributed by atoms with Crippen molar-refractivity contribution < 1.29 is 8.42 Å². The molecular weight excluding hydrogens is 376 g/mol. The van der Waals surface area contributed by atoms with Gasteiger partial charge in [-0.25, -0.2) is 13.1 Å². The zero-order valence-corrected chi connectivity index (χ0v) is 16.5. The van der Waals surface area contributed by atoms with Gasteiger partial charge in [0, 0.05) is 34.4 Å². The number of H-pyrrole nitrogens is 1. The molecule has 2 N–H and O–H groups in total. The summed E-state index contributed by atoms with van der Waals surface area (Å²) in [5.74, 6) is -0.0543. The number of aryl methyl sites for hydroxylation is 1. The first-order chi connectivity index (χ1) is 13.0. The SMILES string of the molecule is Cc1ccc(S(=O)(=O)NC[C@H](c2cccs2)c2c[nH]c3ccccc23)cc1. The Balaban J connectivity index is 1.66. The van der Waals surface area contributed by atoms with Crippen molar-refractivity contribution in [2.45, 2.75) is 17.7 Å². The van der Waals surface area contributed by atoms with E-state index in [0.29, 0.717) is 6.54 Å². The minimum absolute atomic E-state index is 0.0543. The Bertz CT molecular complexity index is 1140. The molecule has 6 heteroatoms. The molecule has 0 amide bonds. The van der Waals surface area contributed by atoms with Crippen LogP contribution in [0.25, 0.3) is 10.9 Å². The zero-order chi connectivity index (χ0) is 18.9. The highest BCUT2D eigenvalue weighted by atomic mass is 32.2. The number of para-hydroxylation sites is 1. The number of hydrogen-bond acceptors (Lipinski definition) is 3. The van der Waals surface area contributed by atoms with Crippen molar-refractivity contribution in [1.29, 1.82) is 0 Å². The molecule has 0 bridgehead atoms. The van der Waals surface area contributed by atoms with E-state index in [1.54, 1.807) is 23.5 Å². The van der Waals surface area contributed by atoms with Gasteiger partial charge in [0.25, 0.3) is 0 Å². The van der Waals surface area contributed by atoms with Crippen molar-refractivity contribution in [2.75, 3.05) is 6.54 Å². The average molecular weight is 397 g/mol. The van der Waals surface area contributed by atoms with Crippen LogP contribution in [-0.2, 0) is 10.0 Å². The van der Waals surface area contributed by atoms with Crippen LogP contribution >= 0.6 is 11.3 Å². The van der Waals surface area contributed by atoms with Gasteiger partial charge in [-0.05, 0) is 42.1 Å². The number of benzene rings is 2. The lowest BCUT2D eigenvalue weighted by atomic mass is 9.97. The highest BCUT2D eigenvalue weighted by molar-refractivity contribution is 7.89. The van der Waals surface area contributed by atoms with E-state index in [4.69, 9.17) is 0 Å². The number of rotatable bonds is 6. The topological polar surface area (TPSA) is 62.0 Å². The Morgan fingerprint density at radius 2 is 1.81 bits per heavy atom. The fourth-order valence-electron chi connectivity index (χ4n) is 3.23. The van der Waals surface area contributed by atoms with E-state index in [0.717, 1.165) is 26.9 Å². The Morgan fingerprint density at radius 3 is 2.56 bits per heavy atom. The molecule has 0 aliphatic carbocycles. The van der Waals surface area contributed by atoms with E-state index in [-0.39, 0.29) is 10.8 Å². The summed E-state index contributed by atoms with van der Waals surface area (Å²) in [4.78, 5) is 4.71. The summed E-state index contributed by atoms with van der Waals surface area (Å²) in [6.45, 7) is 2.24. The van der Waals surface area contributed by atoms with Crippen LogP contribution in [0.3, 0.4) is 0 Å². The molecule has 2 heterocycles. The third-order valence-electron chi connectivity index (χ3n) is 4.69. The van der Waals surface area contributed by atoms with E-state index in [1.807, 2.05) is 54.9 Å². The normalized spacial score (nSPS) is 13.1. The van der Waals surface area contributed by atoms with Gasteiger partial charge in [-0.3, -0.25) is 0 Å². The molecule has 0 saturated heterocycles. The van der Waals surface area contributed by atoms with E-state index < -0.39 is 10.0 Å². The number of thiophene rings is 1. The van der Waals surface area contributed by atoms with Crippen molar-refractivity contribution in [3.63, 3.8) is 0 Å². The summed E-state index contributed by atoms with van der Waals surface area (Å²) < 4.78 is 28.3. The summed E-state index contributed by atoms with van der Waals surface area (Å²) in [6.07, 6.45) is 1.98. The van der Waals surface area contributed by atoms with Crippen LogP contribution in [0.15, 0.2) is 77.1 Å². The van der Waals surface area contributed by atoms with Gasteiger partial charge in [0.2, 0.25) is 10.0 Å². The highest BCUT2D eigenvalue weighted by Gasteiger charge is 2.22. The third-order valence-corrected chi connectivity index (χ3v) is 7.12. The van der Waals surface area contributed by atoms with Gasteiger partial charge in [-0.2, -0.15) is 0 Å². The maximum atomic E-state index is 12.7. The summed E-state index contributed by atoms with van der Waals surface area (Å²) >= 11 is 1.64. The molecule has 0 aliphatic heterocycles. The van der Waals surface area contributed by atoms with E-state index in [1.165, 1.54) is 0 Å². The minimum Gasteiger partial charge on any atom is -0.361 e. The second kappa shape index (κ2) is 7.31. The maximum absolute atomic E-state index is 12.7. The smallest absolute Gasteiger partial charge is 0.240 e. The first-order valence-electron chi connectivity index (χ1n) is 8.70. The van der Waals surface area contributed by atoms with Crippen molar-refractivity contribution in [3.8, 4) is 0 Å². The maximum Gasteiger partial charge on any atom is 0.240 e. The Morgan fingerprint density at radius 1 is 1.04 bits per heavy atom. The Labute approximate surface area is 162 Å². The molecule has 0 fully saturated rings. The lowest BCUT2D eigenvalue weighted by Gasteiger charge is -2.16. The molecule has 2 aromatic heterocycles. The number of nitrogens with one attached hydrogen (secondary N) is 2. The van der Waals surface area contributed by atoms with E-state index in [2.05, 4.69) is 21.8 Å². The van der Waals surface area contributed by atoms with Gasteiger partial charge in [0.15, 0.2) is 0 Å². The summed E-state index contributed by atoms with van der Waals surface area (Å²) in [5.41, 5.74) is 3.18. The van der Waals surface area contributed by atoms with E-state index in [9.17, 15) is 8.42 Å². The van der Waals surface area contributed by atoms with Gasteiger partial charge in [-0.1, -0.05) is 42.0 Å². The van der Waals surface area contributed by atoms with Crippen LogP contribution < -0.4 is 4.72 Å². The predicted octanol–water partition coefficient (Wildman–Crippen LogP) is 4.65. The largest absolute Gasteiger partial charge is 0.361 e. The van der Waals surface area contributed by atoms with Gasteiger partial charge in [0.1, 0.15) is 0 Å². The summed E-state index contributed by atoms with van der Waals surface area (Å²) in [5, 5.41) is 3.14. The van der Waals surface area contributed by atoms with Gasteiger partial charge < -0.3 is 4.98 Å². The molecule has 0 spiro atoms. The molecule has 0 saturated carbocycles. The number of hydrogen-bond donors (Lipinski definition) is 2. The van der Waals surface area contributed by atoms with Gasteiger partial charge >= 0.3 is 0 Å². The van der Waals surface area contributed by atoms with Crippen LogP contribution in [-0.4, -0.2) is 19.9 Å². The predicted molar refractivity (Wildman–Crippen MR) is 111 cm³/mol. The minimum atomic E-state index is -3.56. The van der Waals surface area contributed by atoms with Crippen LogP contribution in [0.1, 0.15) is 21.9 Å². The second-order valence-electron chi connectivity index (χ2n) is 6.52. The molecule has 4 aromatic rings. The first kappa shape index (κ1) is 18.0. The molecule has 138 valence electrons. The van der Waals surface area contributed by atoms with E-state index >= 15 is 0 Å². The molecule has 0 radical (unpaired) electrons. The Hall–Kier alpha value is -2.41. The first-order valence-corrected chi connectivity index (χ1v) is 11.1. The molecule has 0 aliphatic rings. The van der Waals surface area contributed by atoms with Crippen molar-refractivity contribution in [2.24, 2.45) is 0 Å². The lowest BCUT2D eigenvalue weighted by Crippen LogP contribution is -2.28. The quantitative estimate of drug-likeness (QED) is 0.498.